The zero-order valence-corrected chi connectivity index (χ0v) is 7.87. The number of nitrogens with zero attached hydrogens (tertiary/aromatic N) is 3. The van der Waals surface area contributed by atoms with Crippen molar-refractivity contribution in [3.05, 3.63) is 0 Å². The Morgan fingerprint density at radius 3 is 2.50 bits per heavy atom. The van der Waals surface area contributed by atoms with Gasteiger partial charge in [-0.15, -0.1) is 0 Å². The van der Waals surface area contributed by atoms with E-state index in [0.29, 0.717) is 0 Å². The molecule has 2 fully saturated rings. The summed E-state index contributed by atoms with van der Waals surface area (Å²) in [6, 6.07) is 0.777. The highest BCUT2D eigenvalue weighted by Gasteiger charge is 2.25. The maximum absolute atomic E-state index is 4.40. The first-order valence-corrected chi connectivity index (χ1v) is 4.92. The molecule has 0 aromatic rings. The van der Waals surface area contributed by atoms with E-state index in [4.69, 9.17) is 0 Å². The topological polar surface area (TPSA) is 20.6 Å². The zero-order valence-electron chi connectivity index (χ0n) is 7.87. The van der Waals surface area contributed by atoms with Crippen LogP contribution in [-0.4, -0.2) is 62.2 Å². The van der Waals surface area contributed by atoms with E-state index in [1.54, 1.807) is 0 Å². The SMILES string of the molecule is CN1CCN(C2CC[N]C2)CC1. The summed E-state index contributed by atoms with van der Waals surface area (Å²) >= 11 is 0. The standard InChI is InChI=1S/C9H18N3/c1-11-4-6-12(7-5-11)9-2-3-10-8-9/h9H,2-8H2,1H3. The van der Waals surface area contributed by atoms with Crippen molar-refractivity contribution in [3.8, 4) is 0 Å². The Morgan fingerprint density at radius 2 is 1.92 bits per heavy atom. The predicted molar refractivity (Wildman–Crippen MR) is 49.3 cm³/mol. The molecule has 0 bridgehead atoms. The minimum atomic E-state index is 0.777. The highest BCUT2D eigenvalue weighted by atomic mass is 15.3. The van der Waals surface area contributed by atoms with Crippen LogP contribution in [0.3, 0.4) is 0 Å². The number of rotatable bonds is 1. The minimum absolute atomic E-state index is 0.777. The molecule has 0 aromatic heterocycles. The van der Waals surface area contributed by atoms with Crippen molar-refractivity contribution in [2.75, 3.05) is 46.3 Å². The summed E-state index contributed by atoms with van der Waals surface area (Å²) in [5.41, 5.74) is 0. The number of hydrogen-bond acceptors (Lipinski definition) is 2. The van der Waals surface area contributed by atoms with E-state index >= 15 is 0 Å². The van der Waals surface area contributed by atoms with Gasteiger partial charge in [0.2, 0.25) is 0 Å². The number of likely N-dealkylation sites (N-methyl/N-ethyl adjacent to an activating group) is 1. The highest BCUT2D eigenvalue weighted by molar-refractivity contribution is 4.83. The first-order valence-electron chi connectivity index (χ1n) is 4.92. The van der Waals surface area contributed by atoms with Crippen molar-refractivity contribution in [3.63, 3.8) is 0 Å². The molecule has 0 N–H and O–H groups in total. The van der Waals surface area contributed by atoms with E-state index in [2.05, 4.69) is 22.2 Å². The Kier molecular flexibility index (Phi) is 2.63. The molecule has 0 spiro atoms. The molecule has 2 aliphatic heterocycles. The van der Waals surface area contributed by atoms with Gasteiger partial charge < -0.3 is 4.90 Å². The van der Waals surface area contributed by atoms with Crippen LogP contribution in [0.1, 0.15) is 6.42 Å². The van der Waals surface area contributed by atoms with Crippen molar-refractivity contribution in [1.82, 2.24) is 15.1 Å². The third-order valence-electron chi connectivity index (χ3n) is 3.01. The molecule has 0 aliphatic carbocycles. The lowest BCUT2D eigenvalue weighted by Gasteiger charge is -2.35. The third-order valence-corrected chi connectivity index (χ3v) is 3.01. The van der Waals surface area contributed by atoms with Gasteiger partial charge in [0.15, 0.2) is 0 Å². The lowest BCUT2D eigenvalue weighted by atomic mass is 10.2. The van der Waals surface area contributed by atoms with Crippen LogP contribution in [0.5, 0.6) is 0 Å². The van der Waals surface area contributed by atoms with Crippen molar-refractivity contribution < 1.29 is 0 Å². The maximum atomic E-state index is 4.40. The van der Waals surface area contributed by atoms with Crippen LogP contribution in [0.4, 0.5) is 0 Å². The van der Waals surface area contributed by atoms with Gasteiger partial charge in [-0.25, -0.2) is 5.32 Å². The fourth-order valence-corrected chi connectivity index (χ4v) is 2.06. The van der Waals surface area contributed by atoms with Crippen LogP contribution >= 0.6 is 0 Å². The molecule has 2 heterocycles. The van der Waals surface area contributed by atoms with Gasteiger partial charge in [0, 0.05) is 45.3 Å². The predicted octanol–water partition coefficient (Wildman–Crippen LogP) is -0.389. The molecule has 0 aromatic carbocycles. The Hall–Kier alpha value is -0.120. The Labute approximate surface area is 74.7 Å². The van der Waals surface area contributed by atoms with Crippen LogP contribution in [0.25, 0.3) is 0 Å². The van der Waals surface area contributed by atoms with Crippen molar-refractivity contribution in [2.45, 2.75) is 12.5 Å². The quantitative estimate of drug-likeness (QED) is 0.531. The maximum Gasteiger partial charge on any atom is 0.0290 e. The van der Waals surface area contributed by atoms with Crippen molar-refractivity contribution >= 4 is 0 Å². The van der Waals surface area contributed by atoms with Gasteiger partial charge in [0.25, 0.3) is 0 Å². The van der Waals surface area contributed by atoms with Gasteiger partial charge in [0.05, 0.1) is 0 Å². The lowest BCUT2D eigenvalue weighted by Crippen LogP contribution is -2.49. The van der Waals surface area contributed by atoms with E-state index in [0.717, 1.165) is 19.1 Å². The van der Waals surface area contributed by atoms with E-state index in [9.17, 15) is 0 Å². The van der Waals surface area contributed by atoms with E-state index in [1.807, 2.05) is 0 Å². The summed E-state index contributed by atoms with van der Waals surface area (Å²) in [5, 5.41) is 4.40. The normalized spacial score (nSPS) is 34.2. The molecule has 3 heteroatoms. The van der Waals surface area contributed by atoms with Crippen LogP contribution in [-0.2, 0) is 0 Å². The van der Waals surface area contributed by atoms with E-state index < -0.39 is 0 Å². The van der Waals surface area contributed by atoms with E-state index in [1.165, 1.54) is 32.6 Å². The average Bonchev–Trinajstić information content (AvgIpc) is 2.58. The van der Waals surface area contributed by atoms with Gasteiger partial charge in [0.1, 0.15) is 0 Å². The molecule has 3 nitrogen and oxygen atoms in total. The van der Waals surface area contributed by atoms with Crippen LogP contribution < -0.4 is 5.32 Å². The fourth-order valence-electron chi connectivity index (χ4n) is 2.06. The summed E-state index contributed by atoms with van der Waals surface area (Å²) in [7, 11) is 2.20. The van der Waals surface area contributed by atoms with Gasteiger partial charge in [-0.1, -0.05) is 0 Å². The Balaban J connectivity index is 1.80. The monoisotopic (exact) mass is 168 g/mol. The summed E-state index contributed by atoms with van der Waals surface area (Å²) in [6.07, 6.45) is 1.30. The van der Waals surface area contributed by atoms with Gasteiger partial charge >= 0.3 is 0 Å². The summed E-state index contributed by atoms with van der Waals surface area (Å²) in [5.74, 6) is 0. The molecular formula is C9H18N3. The summed E-state index contributed by atoms with van der Waals surface area (Å²) < 4.78 is 0. The molecule has 69 valence electrons. The molecule has 2 saturated heterocycles. The second-order valence-corrected chi connectivity index (χ2v) is 3.91. The Bertz CT molecular complexity index is 135. The molecule has 1 unspecified atom stereocenters. The molecular weight excluding hydrogens is 150 g/mol. The number of hydrogen-bond donors (Lipinski definition) is 0. The second-order valence-electron chi connectivity index (χ2n) is 3.91. The van der Waals surface area contributed by atoms with Crippen molar-refractivity contribution in [1.29, 1.82) is 0 Å². The molecule has 2 aliphatic rings. The molecule has 0 saturated carbocycles. The minimum Gasteiger partial charge on any atom is -0.304 e. The van der Waals surface area contributed by atoms with E-state index in [-0.39, 0.29) is 0 Å². The van der Waals surface area contributed by atoms with Crippen LogP contribution in [0.2, 0.25) is 0 Å². The fraction of sp³-hybridized carbons (Fsp3) is 1.00. The Morgan fingerprint density at radius 1 is 1.17 bits per heavy atom. The first-order chi connectivity index (χ1) is 5.86. The van der Waals surface area contributed by atoms with Gasteiger partial charge in [-0.2, -0.15) is 0 Å². The summed E-state index contributed by atoms with van der Waals surface area (Å²) in [4.78, 5) is 5.01. The molecule has 1 radical (unpaired) electrons. The van der Waals surface area contributed by atoms with Crippen LogP contribution in [0.15, 0.2) is 0 Å². The molecule has 2 rings (SSSR count). The smallest absolute Gasteiger partial charge is 0.0290 e. The molecule has 12 heavy (non-hydrogen) atoms. The number of piperazine rings is 1. The van der Waals surface area contributed by atoms with Crippen molar-refractivity contribution in [2.24, 2.45) is 0 Å². The first kappa shape index (κ1) is 8.48. The summed E-state index contributed by atoms with van der Waals surface area (Å²) in [6.45, 7) is 7.14. The molecule has 1 atom stereocenters. The van der Waals surface area contributed by atoms with Gasteiger partial charge in [-0.05, 0) is 13.5 Å². The zero-order chi connectivity index (χ0) is 8.39. The van der Waals surface area contributed by atoms with Gasteiger partial charge in [-0.3, -0.25) is 4.90 Å². The average molecular weight is 168 g/mol. The highest BCUT2D eigenvalue weighted by Crippen LogP contribution is 2.11. The van der Waals surface area contributed by atoms with Crippen LogP contribution in [0, 0.1) is 0 Å². The largest absolute Gasteiger partial charge is 0.304 e. The second kappa shape index (κ2) is 3.73. The third kappa shape index (κ3) is 1.79. The lowest BCUT2D eigenvalue weighted by molar-refractivity contribution is 0.119. The molecule has 0 amide bonds.